The van der Waals surface area contributed by atoms with Crippen molar-refractivity contribution in [3.05, 3.63) is 34.6 Å². The number of nitrogens with zero attached hydrogens (tertiary/aromatic N) is 1. The Bertz CT molecular complexity index is 1580. The van der Waals surface area contributed by atoms with Crippen molar-refractivity contribution < 1.29 is 63.5 Å². The number of carbonyl (C=O) groups excluding carboxylic acids is 2. The molecule has 8 rings (SSSR count). The number of hydrogen-bond donors (Lipinski definition) is 5. The van der Waals surface area contributed by atoms with Gasteiger partial charge in [0.1, 0.15) is 31.0 Å². The highest BCUT2D eigenvalue weighted by Crippen LogP contribution is 2.72. The highest BCUT2D eigenvalue weighted by molar-refractivity contribution is 5.89. The zero-order valence-corrected chi connectivity index (χ0v) is 31.7. The smallest absolute Gasteiger partial charge is 0.337 e. The molecule has 2 spiro atoms. The number of methoxy groups -OCH3 is 1. The van der Waals surface area contributed by atoms with Gasteiger partial charge in [0.2, 0.25) is 6.29 Å². The minimum atomic E-state index is -1.69. The number of likely N-dealkylation sites (tertiary alicyclic amines) is 1. The number of aliphatic hydroxyl groups excluding tert-OH is 4. The lowest BCUT2D eigenvalue weighted by atomic mass is 9.50. The minimum Gasteiger partial charge on any atom is -0.471 e. The first-order valence-corrected chi connectivity index (χ1v) is 19.8. The average molecular weight is 760 g/mol. The van der Waals surface area contributed by atoms with Crippen LogP contribution in [0.3, 0.4) is 0 Å². The zero-order valence-electron chi connectivity index (χ0n) is 31.7. The second kappa shape index (κ2) is 14.2. The standard InChI is InChI=1S/C40H57NO13/c1-20(2)40(48)12-11-38(19-52-40)23-8-5-21-6-10-25-26(13-39(38,30(21)25)18-41(3)14-23)35(47)50-17-28-31(43)32(44)33(45)37(53-28)54-36-29-22(15-42)7-9-24(29)27(16-51-36)34(46)49-4/h7,16,20,23-26,28-29,31-33,36-37,42-45,48H,5-6,8-15,17-19H2,1-4H3/t23?,24-,25?,26-,28-,29-,31-,32+,33-,36+,37+,38?,39-,40-/m1/s1. The Morgan fingerprint density at radius 1 is 1.06 bits per heavy atom. The van der Waals surface area contributed by atoms with Crippen LogP contribution < -0.4 is 0 Å². The van der Waals surface area contributed by atoms with Crippen molar-refractivity contribution in [2.45, 2.75) is 108 Å². The highest BCUT2D eigenvalue weighted by atomic mass is 16.8. The molecule has 4 heterocycles. The summed E-state index contributed by atoms with van der Waals surface area (Å²) >= 11 is 0. The zero-order chi connectivity index (χ0) is 38.3. The molecule has 0 radical (unpaired) electrons. The summed E-state index contributed by atoms with van der Waals surface area (Å²) in [6.07, 6.45) is 0.630. The molecule has 4 aliphatic heterocycles. The molecule has 4 fully saturated rings. The van der Waals surface area contributed by atoms with Gasteiger partial charge in [-0.2, -0.15) is 0 Å². The third-order valence-electron chi connectivity index (χ3n) is 14.8. The molecule has 2 bridgehead atoms. The van der Waals surface area contributed by atoms with Crippen LogP contribution in [0.25, 0.3) is 0 Å². The van der Waals surface area contributed by atoms with Gasteiger partial charge < -0.3 is 58.9 Å². The largest absolute Gasteiger partial charge is 0.471 e. The number of allylic oxidation sites excluding steroid dienone is 2. The Labute approximate surface area is 316 Å². The first-order chi connectivity index (χ1) is 25.8. The number of carbonyl (C=O) groups is 2. The second-order valence-electron chi connectivity index (χ2n) is 17.6. The molecular weight excluding hydrogens is 702 g/mol. The van der Waals surface area contributed by atoms with E-state index in [0.717, 1.165) is 45.2 Å². The number of esters is 2. The first kappa shape index (κ1) is 38.5. The van der Waals surface area contributed by atoms with E-state index in [1.807, 2.05) is 13.8 Å². The van der Waals surface area contributed by atoms with E-state index in [2.05, 4.69) is 11.9 Å². The van der Waals surface area contributed by atoms with Gasteiger partial charge in [-0.1, -0.05) is 31.1 Å². The fourth-order valence-electron chi connectivity index (χ4n) is 12.0. The summed E-state index contributed by atoms with van der Waals surface area (Å²) in [7, 11) is 3.43. The van der Waals surface area contributed by atoms with Crippen LogP contribution >= 0.6 is 0 Å². The first-order valence-electron chi connectivity index (χ1n) is 19.8. The van der Waals surface area contributed by atoms with Gasteiger partial charge in [0.25, 0.3) is 0 Å². The molecule has 14 heteroatoms. The van der Waals surface area contributed by atoms with Crippen LogP contribution in [0, 0.1) is 46.3 Å². The third kappa shape index (κ3) is 5.84. The number of piperidine rings is 1. The molecule has 300 valence electrons. The molecular formula is C40H57NO13. The van der Waals surface area contributed by atoms with Gasteiger partial charge in [0, 0.05) is 42.2 Å². The lowest BCUT2D eigenvalue weighted by molar-refractivity contribution is -0.340. The summed E-state index contributed by atoms with van der Waals surface area (Å²) in [6.45, 7) is 5.52. The highest BCUT2D eigenvalue weighted by Gasteiger charge is 2.70. The molecule has 5 N–H and O–H groups in total. The molecule has 3 saturated heterocycles. The molecule has 0 aromatic heterocycles. The van der Waals surface area contributed by atoms with Crippen LogP contribution in [0.1, 0.15) is 65.2 Å². The molecule has 0 aromatic rings. The summed E-state index contributed by atoms with van der Waals surface area (Å²) in [4.78, 5) is 29.1. The lowest BCUT2D eigenvalue weighted by Gasteiger charge is -2.62. The minimum absolute atomic E-state index is 0.0285. The van der Waals surface area contributed by atoms with Crippen molar-refractivity contribution in [3.8, 4) is 0 Å². The molecule has 8 aliphatic rings. The quantitative estimate of drug-likeness (QED) is 0.177. The molecule has 14 atom stereocenters. The van der Waals surface area contributed by atoms with Gasteiger partial charge in [-0.3, -0.25) is 4.79 Å². The molecule has 14 nitrogen and oxygen atoms in total. The van der Waals surface area contributed by atoms with Crippen LogP contribution in [0.2, 0.25) is 0 Å². The van der Waals surface area contributed by atoms with Gasteiger partial charge in [0.05, 0.1) is 44.0 Å². The van der Waals surface area contributed by atoms with Gasteiger partial charge in [-0.15, -0.1) is 0 Å². The third-order valence-corrected chi connectivity index (χ3v) is 14.8. The van der Waals surface area contributed by atoms with E-state index in [-0.39, 0.29) is 47.4 Å². The summed E-state index contributed by atoms with van der Waals surface area (Å²) in [5, 5.41) is 54.3. The van der Waals surface area contributed by atoms with Crippen LogP contribution in [0.4, 0.5) is 0 Å². The summed E-state index contributed by atoms with van der Waals surface area (Å²) in [6, 6.07) is 0. The SMILES string of the molecule is COC(=O)C1=CO[C@@H](O[C@@H]2O[C@H](COC(=O)[C@@H]3C[C@@]45CN(C)CC(CCC6=C4C3CC6)C53CC[C@](O)(C(C)C)OC3)[C@@H](O)[C@H](O)[C@H]2O)[C@@H]2C(CO)=CC[C@H]12. The van der Waals surface area contributed by atoms with Crippen LogP contribution in [0.5, 0.6) is 0 Å². The molecule has 54 heavy (non-hydrogen) atoms. The van der Waals surface area contributed by atoms with Gasteiger partial charge in [0.15, 0.2) is 12.1 Å². The Kier molecular flexibility index (Phi) is 10.1. The van der Waals surface area contributed by atoms with Gasteiger partial charge >= 0.3 is 11.9 Å². The molecule has 0 amide bonds. The monoisotopic (exact) mass is 759 g/mol. The fourth-order valence-corrected chi connectivity index (χ4v) is 12.0. The van der Waals surface area contributed by atoms with E-state index in [1.54, 1.807) is 6.08 Å². The molecule has 3 unspecified atom stereocenters. The summed E-state index contributed by atoms with van der Waals surface area (Å²) < 4.78 is 35.2. The van der Waals surface area contributed by atoms with E-state index >= 15 is 0 Å². The van der Waals surface area contributed by atoms with E-state index in [4.69, 9.17) is 28.4 Å². The Balaban J connectivity index is 0.992. The van der Waals surface area contributed by atoms with Crippen molar-refractivity contribution in [2.24, 2.45) is 46.3 Å². The van der Waals surface area contributed by atoms with E-state index < -0.39 is 66.5 Å². The van der Waals surface area contributed by atoms with E-state index in [0.29, 0.717) is 37.4 Å². The lowest BCUT2D eigenvalue weighted by Crippen LogP contribution is -2.64. The van der Waals surface area contributed by atoms with Crippen molar-refractivity contribution in [3.63, 3.8) is 0 Å². The number of fused-ring (bicyclic) bond motifs is 1. The number of rotatable bonds is 8. The molecule has 4 aliphatic carbocycles. The number of aliphatic hydroxyl groups is 5. The predicted molar refractivity (Wildman–Crippen MR) is 188 cm³/mol. The number of ether oxygens (including phenoxy) is 6. The topological polar surface area (TPSA) is 194 Å². The Morgan fingerprint density at radius 2 is 1.83 bits per heavy atom. The fraction of sp³-hybridized carbons (Fsp3) is 0.800. The summed E-state index contributed by atoms with van der Waals surface area (Å²) in [5.74, 6) is -3.18. The normalized spacial score (nSPS) is 45.7. The van der Waals surface area contributed by atoms with Crippen LogP contribution in [0.15, 0.2) is 34.6 Å². The molecule has 1 saturated carbocycles. The average Bonchev–Trinajstić information content (AvgIpc) is 3.86. The van der Waals surface area contributed by atoms with Crippen LogP contribution in [-0.2, 0) is 38.0 Å². The van der Waals surface area contributed by atoms with Crippen molar-refractivity contribution in [1.82, 2.24) is 4.90 Å². The van der Waals surface area contributed by atoms with Gasteiger partial charge in [-0.25, -0.2) is 4.79 Å². The van der Waals surface area contributed by atoms with Crippen molar-refractivity contribution in [2.75, 3.05) is 47.1 Å². The maximum Gasteiger partial charge on any atom is 0.337 e. The van der Waals surface area contributed by atoms with Gasteiger partial charge in [-0.05, 0) is 69.4 Å². The van der Waals surface area contributed by atoms with Crippen LogP contribution in [-0.4, -0.2) is 132 Å². The maximum absolute atomic E-state index is 14.3. The molecule has 0 aromatic carbocycles. The second-order valence-corrected chi connectivity index (χ2v) is 17.6. The van der Waals surface area contributed by atoms with E-state index in [1.165, 1.54) is 24.5 Å². The maximum atomic E-state index is 14.3. The summed E-state index contributed by atoms with van der Waals surface area (Å²) in [5.41, 5.74) is 3.26. The number of hydrogen-bond acceptors (Lipinski definition) is 14. The van der Waals surface area contributed by atoms with Crippen molar-refractivity contribution >= 4 is 11.9 Å². The predicted octanol–water partition coefficient (Wildman–Crippen LogP) is 1.53. The Hall–Kier alpha value is -2.40. The Morgan fingerprint density at radius 3 is 2.54 bits per heavy atom. The van der Waals surface area contributed by atoms with E-state index in [9.17, 15) is 35.1 Å². The van der Waals surface area contributed by atoms with Crippen molar-refractivity contribution in [1.29, 1.82) is 0 Å².